The number of benzene rings is 1. The third kappa shape index (κ3) is 8.66. The summed E-state index contributed by atoms with van der Waals surface area (Å²) < 4.78 is 0. The molecule has 0 aliphatic carbocycles. The summed E-state index contributed by atoms with van der Waals surface area (Å²) in [6, 6.07) is 8.30. The number of carboxylic acid groups (broad SMARTS) is 1. The van der Waals surface area contributed by atoms with Crippen LogP contribution in [0.2, 0.25) is 0 Å². The zero-order valence-electron chi connectivity index (χ0n) is 8.40. The lowest BCUT2D eigenvalue weighted by atomic mass is 10.2. The van der Waals surface area contributed by atoms with E-state index in [1.165, 1.54) is 0 Å². The molecule has 0 radical (unpaired) electrons. The van der Waals surface area contributed by atoms with Gasteiger partial charge in [-0.2, -0.15) is 0 Å². The van der Waals surface area contributed by atoms with E-state index < -0.39 is 5.97 Å². The van der Waals surface area contributed by atoms with Crippen molar-refractivity contribution in [3.8, 4) is 0 Å². The molecule has 14 heavy (non-hydrogen) atoms. The predicted molar refractivity (Wildman–Crippen MR) is 56.8 cm³/mol. The Morgan fingerprint density at radius 3 is 1.79 bits per heavy atom. The Labute approximate surface area is 83.7 Å². The van der Waals surface area contributed by atoms with Gasteiger partial charge in [-0.15, -0.1) is 0 Å². The summed E-state index contributed by atoms with van der Waals surface area (Å²) in [5.41, 5.74) is 0.331. The quantitative estimate of drug-likeness (QED) is 0.378. The number of hydrogen-bond acceptors (Lipinski definition) is 4. The summed E-state index contributed by atoms with van der Waals surface area (Å²) in [7, 11) is 3.75. The third-order valence-electron chi connectivity index (χ3n) is 1.02. The second-order valence-corrected chi connectivity index (χ2v) is 2.17. The van der Waals surface area contributed by atoms with Crippen molar-refractivity contribution in [1.82, 2.24) is 5.32 Å². The molecule has 0 heterocycles. The zero-order valence-corrected chi connectivity index (χ0v) is 8.40. The van der Waals surface area contributed by atoms with E-state index in [-0.39, 0.29) is 0 Å². The number of nitrogens with one attached hydrogen (secondary N) is 1. The van der Waals surface area contributed by atoms with Crippen molar-refractivity contribution in [2.24, 2.45) is 11.7 Å². The summed E-state index contributed by atoms with van der Waals surface area (Å²) >= 11 is 0. The monoisotopic (exact) mass is 199 g/mol. The molecular formula is C9H17N3O2. The highest BCUT2D eigenvalue weighted by Gasteiger charge is 1.96. The average Bonchev–Trinajstić information content (AvgIpc) is 2.23. The molecule has 1 aromatic carbocycles. The number of hydrogen-bond donors (Lipinski definition) is 4. The van der Waals surface area contributed by atoms with Gasteiger partial charge in [0.2, 0.25) is 0 Å². The number of aromatic carboxylic acids is 1. The summed E-state index contributed by atoms with van der Waals surface area (Å²) in [5.74, 6) is 7.12. The molecule has 0 atom stereocenters. The fourth-order valence-corrected chi connectivity index (χ4v) is 0.581. The van der Waals surface area contributed by atoms with Crippen LogP contribution in [-0.4, -0.2) is 25.2 Å². The van der Waals surface area contributed by atoms with Gasteiger partial charge in [-0.25, -0.2) is 4.79 Å². The first kappa shape index (κ1) is 15.1. The average molecular weight is 199 g/mol. The maximum absolute atomic E-state index is 10.2. The minimum Gasteiger partial charge on any atom is -0.478 e. The summed E-state index contributed by atoms with van der Waals surface area (Å²) in [6.45, 7) is 0. The fourth-order valence-electron chi connectivity index (χ4n) is 0.581. The highest BCUT2D eigenvalue weighted by Crippen LogP contribution is 1.96. The van der Waals surface area contributed by atoms with Crippen LogP contribution in [0.25, 0.3) is 0 Å². The van der Waals surface area contributed by atoms with E-state index in [9.17, 15) is 4.79 Å². The van der Waals surface area contributed by atoms with E-state index in [0.29, 0.717) is 5.56 Å². The highest BCUT2D eigenvalue weighted by molar-refractivity contribution is 5.87. The van der Waals surface area contributed by atoms with Crippen molar-refractivity contribution in [3.05, 3.63) is 35.9 Å². The van der Waals surface area contributed by atoms with Crippen LogP contribution in [0.3, 0.4) is 0 Å². The molecule has 0 amide bonds. The maximum Gasteiger partial charge on any atom is 0.335 e. The Morgan fingerprint density at radius 2 is 1.57 bits per heavy atom. The van der Waals surface area contributed by atoms with Gasteiger partial charge in [0.15, 0.2) is 0 Å². The lowest BCUT2D eigenvalue weighted by Crippen LogP contribution is -2.02. The van der Waals surface area contributed by atoms with Crippen molar-refractivity contribution in [1.29, 1.82) is 0 Å². The second kappa shape index (κ2) is 11.6. The first-order valence-electron chi connectivity index (χ1n) is 3.92. The number of carbonyl (C=O) groups is 1. The van der Waals surface area contributed by atoms with Crippen LogP contribution in [0.15, 0.2) is 30.3 Å². The van der Waals surface area contributed by atoms with Gasteiger partial charge in [-0.05, 0) is 26.2 Å². The van der Waals surface area contributed by atoms with Crippen molar-refractivity contribution in [3.63, 3.8) is 0 Å². The largest absolute Gasteiger partial charge is 0.478 e. The van der Waals surface area contributed by atoms with Crippen LogP contribution < -0.4 is 17.0 Å². The Bertz CT molecular complexity index is 227. The third-order valence-corrected chi connectivity index (χ3v) is 1.02. The number of hydrazine groups is 1. The summed E-state index contributed by atoms with van der Waals surface area (Å²) in [5, 5.41) is 11.1. The molecule has 0 spiro atoms. The van der Waals surface area contributed by atoms with Crippen molar-refractivity contribution >= 4 is 5.97 Å². The van der Waals surface area contributed by atoms with Gasteiger partial charge in [-0.1, -0.05) is 18.2 Å². The fraction of sp³-hybridized carbons (Fsp3) is 0.222. The van der Waals surface area contributed by atoms with Crippen molar-refractivity contribution < 1.29 is 9.90 Å². The van der Waals surface area contributed by atoms with Gasteiger partial charge in [0.25, 0.3) is 0 Å². The molecule has 80 valence electrons. The molecule has 1 aromatic rings. The van der Waals surface area contributed by atoms with E-state index in [4.69, 9.17) is 5.11 Å². The highest BCUT2D eigenvalue weighted by atomic mass is 16.4. The molecule has 0 saturated carbocycles. The molecule has 0 aliphatic heterocycles. The number of carboxylic acids is 1. The van der Waals surface area contributed by atoms with Gasteiger partial charge in [0.05, 0.1) is 5.56 Å². The SMILES string of the molecule is CNC.NN.O=C(O)c1ccccc1. The molecule has 1 rings (SSSR count). The van der Waals surface area contributed by atoms with Crippen molar-refractivity contribution in [2.75, 3.05) is 14.1 Å². The normalized spacial score (nSPS) is 7.43. The van der Waals surface area contributed by atoms with E-state index in [1.54, 1.807) is 30.3 Å². The van der Waals surface area contributed by atoms with E-state index in [0.717, 1.165) is 0 Å². The van der Waals surface area contributed by atoms with Gasteiger partial charge in [-0.3, -0.25) is 11.7 Å². The van der Waals surface area contributed by atoms with Gasteiger partial charge in [0.1, 0.15) is 0 Å². The van der Waals surface area contributed by atoms with E-state index in [1.807, 2.05) is 14.1 Å². The number of rotatable bonds is 1. The van der Waals surface area contributed by atoms with Gasteiger partial charge in [0, 0.05) is 0 Å². The van der Waals surface area contributed by atoms with Crippen LogP contribution in [0, 0.1) is 0 Å². The van der Waals surface area contributed by atoms with Crippen molar-refractivity contribution in [2.45, 2.75) is 0 Å². The molecular weight excluding hydrogens is 182 g/mol. The minimum absolute atomic E-state index is 0.331. The Kier molecular flexibility index (Phi) is 12.4. The summed E-state index contributed by atoms with van der Waals surface area (Å²) in [6.07, 6.45) is 0. The first-order chi connectivity index (χ1) is 6.72. The second-order valence-electron chi connectivity index (χ2n) is 2.17. The zero-order chi connectivity index (χ0) is 11.4. The van der Waals surface area contributed by atoms with E-state index >= 15 is 0 Å². The molecule has 0 fully saturated rings. The maximum atomic E-state index is 10.2. The predicted octanol–water partition coefficient (Wildman–Crippen LogP) is 0.0392. The molecule has 0 aliphatic rings. The lowest BCUT2D eigenvalue weighted by Gasteiger charge is -1.88. The molecule has 0 saturated heterocycles. The Hall–Kier alpha value is -1.43. The van der Waals surface area contributed by atoms with Crippen LogP contribution in [0.4, 0.5) is 0 Å². The lowest BCUT2D eigenvalue weighted by molar-refractivity contribution is 0.0697. The topological polar surface area (TPSA) is 101 Å². The minimum atomic E-state index is -0.879. The molecule has 5 nitrogen and oxygen atoms in total. The Balaban J connectivity index is 0. The van der Waals surface area contributed by atoms with Gasteiger partial charge >= 0.3 is 5.97 Å². The molecule has 6 N–H and O–H groups in total. The standard InChI is InChI=1S/C7H6O2.C2H7N.H4N2/c8-7(9)6-4-2-1-3-5-6;1-3-2;1-2/h1-5H,(H,8,9);3H,1-2H3;1-2H2. The van der Waals surface area contributed by atoms with Crippen LogP contribution in [0.5, 0.6) is 0 Å². The smallest absolute Gasteiger partial charge is 0.335 e. The summed E-state index contributed by atoms with van der Waals surface area (Å²) in [4.78, 5) is 10.2. The van der Waals surface area contributed by atoms with Crippen LogP contribution >= 0.6 is 0 Å². The van der Waals surface area contributed by atoms with Crippen LogP contribution in [-0.2, 0) is 0 Å². The van der Waals surface area contributed by atoms with Crippen LogP contribution in [0.1, 0.15) is 10.4 Å². The first-order valence-corrected chi connectivity index (χ1v) is 3.92. The molecule has 0 bridgehead atoms. The molecule has 0 unspecified atom stereocenters. The number of nitrogens with two attached hydrogens (primary N) is 2. The van der Waals surface area contributed by atoms with Gasteiger partial charge < -0.3 is 10.4 Å². The Morgan fingerprint density at radius 1 is 1.21 bits per heavy atom. The van der Waals surface area contributed by atoms with E-state index in [2.05, 4.69) is 17.0 Å². The molecule has 5 heteroatoms. The molecule has 0 aromatic heterocycles.